The summed E-state index contributed by atoms with van der Waals surface area (Å²) in [5.74, 6) is 0.961. The van der Waals surface area contributed by atoms with Crippen molar-refractivity contribution in [2.75, 3.05) is 19.6 Å². The lowest BCUT2D eigenvalue weighted by atomic mass is 9.78. The number of rotatable bonds is 7. The Balaban J connectivity index is 1.68. The fourth-order valence-corrected chi connectivity index (χ4v) is 3.33. The predicted octanol–water partition coefficient (Wildman–Crippen LogP) is 1.92. The minimum atomic E-state index is -0.595. The molecule has 4 heteroatoms. The quantitative estimate of drug-likeness (QED) is 0.750. The normalized spacial score (nSPS) is 30.2. The number of nitrogens with zero attached hydrogens (tertiary/aromatic N) is 1. The molecule has 0 bridgehead atoms. The van der Waals surface area contributed by atoms with Crippen LogP contribution in [0.4, 0.5) is 0 Å². The van der Waals surface area contributed by atoms with Crippen LogP contribution in [0.25, 0.3) is 0 Å². The van der Waals surface area contributed by atoms with Gasteiger partial charge < -0.3 is 15.3 Å². The second kappa shape index (κ2) is 6.90. The Kier molecular flexibility index (Phi) is 5.44. The highest BCUT2D eigenvalue weighted by atomic mass is 16.3. The van der Waals surface area contributed by atoms with Crippen LogP contribution in [0, 0.1) is 5.92 Å². The summed E-state index contributed by atoms with van der Waals surface area (Å²) in [5, 5.41) is 13.7. The number of nitrogens with one attached hydrogen (secondary N) is 1. The van der Waals surface area contributed by atoms with E-state index in [1.165, 1.54) is 6.42 Å². The van der Waals surface area contributed by atoms with E-state index in [0.717, 1.165) is 51.0 Å². The minimum Gasteiger partial charge on any atom is -0.389 e. The second-order valence-corrected chi connectivity index (χ2v) is 6.59. The largest absolute Gasteiger partial charge is 0.389 e. The highest BCUT2D eigenvalue weighted by Gasteiger charge is 2.33. The summed E-state index contributed by atoms with van der Waals surface area (Å²) < 4.78 is 0. The van der Waals surface area contributed by atoms with Crippen LogP contribution in [0.1, 0.15) is 58.8 Å². The molecule has 0 aromatic heterocycles. The summed E-state index contributed by atoms with van der Waals surface area (Å²) in [6, 6.07) is 0.484. The molecule has 2 fully saturated rings. The SMILES string of the molecule is CCC1CCC(O)(CNCC(=O)N(CC)C2CC2)CC1. The molecule has 2 aliphatic rings. The Morgan fingerprint density at radius 1 is 1.25 bits per heavy atom. The maximum Gasteiger partial charge on any atom is 0.236 e. The van der Waals surface area contributed by atoms with Crippen LogP contribution in [0.15, 0.2) is 0 Å². The molecule has 4 nitrogen and oxygen atoms in total. The number of carbonyl (C=O) groups is 1. The molecule has 0 aromatic carbocycles. The Labute approximate surface area is 122 Å². The molecule has 2 N–H and O–H groups in total. The molecule has 2 rings (SSSR count). The van der Waals surface area contributed by atoms with Gasteiger partial charge >= 0.3 is 0 Å². The molecule has 0 spiro atoms. The van der Waals surface area contributed by atoms with Gasteiger partial charge in [-0.15, -0.1) is 0 Å². The third kappa shape index (κ3) is 4.19. The van der Waals surface area contributed by atoms with Crippen molar-refractivity contribution < 1.29 is 9.90 Å². The first-order valence-electron chi connectivity index (χ1n) is 8.30. The van der Waals surface area contributed by atoms with Crippen LogP contribution in [0.2, 0.25) is 0 Å². The van der Waals surface area contributed by atoms with Crippen LogP contribution < -0.4 is 5.32 Å². The molecular weight excluding hydrogens is 252 g/mol. The maximum absolute atomic E-state index is 12.1. The molecule has 0 saturated heterocycles. The zero-order valence-electron chi connectivity index (χ0n) is 13.0. The van der Waals surface area contributed by atoms with Crippen LogP contribution >= 0.6 is 0 Å². The lowest BCUT2D eigenvalue weighted by molar-refractivity contribution is -0.130. The van der Waals surface area contributed by atoms with Gasteiger partial charge in [0, 0.05) is 19.1 Å². The molecule has 0 aromatic rings. The average Bonchev–Trinajstić information content (AvgIpc) is 3.25. The summed E-state index contributed by atoms with van der Waals surface area (Å²) in [7, 11) is 0. The zero-order chi connectivity index (χ0) is 14.6. The number of hydrogen-bond donors (Lipinski definition) is 2. The lowest BCUT2D eigenvalue weighted by Gasteiger charge is -2.36. The van der Waals surface area contributed by atoms with Crippen LogP contribution in [0.3, 0.4) is 0 Å². The van der Waals surface area contributed by atoms with E-state index in [-0.39, 0.29) is 5.91 Å². The number of aliphatic hydroxyl groups is 1. The summed E-state index contributed by atoms with van der Waals surface area (Å²) in [6.45, 7) is 5.98. The van der Waals surface area contributed by atoms with Crippen molar-refractivity contribution in [2.24, 2.45) is 5.92 Å². The first-order valence-corrected chi connectivity index (χ1v) is 8.30. The molecule has 0 heterocycles. The second-order valence-electron chi connectivity index (χ2n) is 6.59. The molecular formula is C16H30N2O2. The van der Waals surface area contributed by atoms with Gasteiger partial charge in [-0.2, -0.15) is 0 Å². The molecule has 0 unspecified atom stereocenters. The number of likely N-dealkylation sites (N-methyl/N-ethyl adjacent to an activating group) is 1. The van der Waals surface area contributed by atoms with E-state index in [1.54, 1.807) is 0 Å². The third-order valence-corrected chi connectivity index (χ3v) is 4.99. The molecule has 20 heavy (non-hydrogen) atoms. The third-order valence-electron chi connectivity index (χ3n) is 4.99. The summed E-state index contributed by atoms with van der Waals surface area (Å²) >= 11 is 0. The van der Waals surface area contributed by atoms with Gasteiger partial charge in [0.2, 0.25) is 5.91 Å². The molecule has 2 aliphatic carbocycles. The van der Waals surface area contributed by atoms with Crippen LogP contribution in [-0.4, -0.2) is 47.2 Å². The predicted molar refractivity (Wildman–Crippen MR) is 80.5 cm³/mol. The summed E-state index contributed by atoms with van der Waals surface area (Å²) in [5.41, 5.74) is -0.595. The van der Waals surface area contributed by atoms with Gasteiger partial charge in [0.05, 0.1) is 12.1 Å². The molecule has 1 amide bonds. The van der Waals surface area contributed by atoms with Gasteiger partial charge in [0.1, 0.15) is 0 Å². The Morgan fingerprint density at radius 3 is 2.40 bits per heavy atom. The Bertz CT molecular complexity index is 320. The molecule has 2 saturated carbocycles. The molecule has 0 radical (unpaired) electrons. The Morgan fingerprint density at radius 2 is 1.90 bits per heavy atom. The number of hydrogen-bond acceptors (Lipinski definition) is 3. The van der Waals surface area contributed by atoms with Crippen molar-refractivity contribution in [1.29, 1.82) is 0 Å². The highest BCUT2D eigenvalue weighted by molar-refractivity contribution is 5.78. The van der Waals surface area contributed by atoms with Crippen molar-refractivity contribution in [3.05, 3.63) is 0 Å². The van der Waals surface area contributed by atoms with Crippen molar-refractivity contribution in [3.8, 4) is 0 Å². The van der Waals surface area contributed by atoms with Crippen molar-refractivity contribution in [3.63, 3.8) is 0 Å². The lowest BCUT2D eigenvalue weighted by Crippen LogP contribution is -2.47. The van der Waals surface area contributed by atoms with E-state index in [0.29, 0.717) is 19.1 Å². The topological polar surface area (TPSA) is 52.6 Å². The number of amides is 1. The zero-order valence-corrected chi connectivity index (χ0v) is 13.0. The molecule has 0 atom stereocenters. The van der Waals surface area contributed by atoms with Crippen molar-refractivity contribution in [2.45, 2.75) is 70.4 Å². The van der Waals surface area contributed by atoms with E-state index in [2.05, 4.69) is 12.2 Å². The van der Waals surface area contributed by atoms with Crippen LogP contribution in [0.5, 0.6) is 0 Å². The minimum absolute atomic E-state index is 0.181. The smallest absolute Gasteiger partial charge is 0.236 e. The van der Waals surface area contributed by atoms with E-state index in [4.69, 9.17) is 0 Å². The van der Waals surface area contributed by atoms with Crippen LogP contribution in [-0.2, 0) is 4.79 Å². The van der Waals surface area contributed by atoms with E-state index in [1.807, 2.05) is 11.8 Å². The first-order chi connectivity index (χ1) is 9.58. The van der Waals surface area contributed by atoms with E-state index >= 15 is 0 Å². The molecule has 116 valence electrons. The van der Waals surface area contributed by atoms with E-state index in [9.17, 15) is 9.90 Å². The summed E-state index contributed by atoms with van der Waals surface area (Å²) in [4.78, 5) is 14.0. The monoisotopic (exact) mass is 282 g/mol. The van der Waals surface area contributed by atoms with Gasteiger partial charge in [-0.05, 0) is 51.4 Å². The fourth-order valence-electron chi connectivity index (χ4n) is 3.33. The Hall–Kier alpha value is -0.610. The van der Waals surface area contributed by atoms with Crippen molar-refractivity contribution in [1.82, 2.24) is 10.2 Å². The van der Waals surface area contributed by atoms with Gasteiger partial charge in [0.25, 0.3) is 0 Å². The summed E-state index contributed by atoms with van der Waals surface area (Å²) in [6.07, 6.45) is 7.50. The fraction of sp³-hybridized carbons (Fsp3) is 0.938. The number of carbonyl (C=O) groups excluding carboxylic acids is 1. The first kappa shape index (κ1) is 15.8. The highest BCUT2D eigenvalue weighted by Crippen LogP contribution is 2.33. The van der Waals surface area contributed by atoms with Gasteiger partial charge in [-0.3, -0.25) is 4.79 Å². The molecule has 0 aliphatic heterocycles. The van der Waals surface area contributed by atoms with Gasteiger partial charge in [-0.25, -0.2) is 0 Å². The van der Waals surface area contributed by atoms with E-state index < -0.39 is 5.60 Å². The average molecular weight is 282 g/mol. The van der Waals surface area contributed by atoms with Gasteiger partial charge in [0.15, 0.2) is 0 Å². The standard InChI is InChI=1S/C16H30N2O2/c1-3-13-7-9-16(20,10-8-13)12-17-11-15(19)18(4-2)14-5-6-14/h13-14,17,20H,3-12H2,1-2H3. The van der Waals surface area contributed by atoms with Crippen molar-refractivity contribution >= 4 is 5.91 Å². The van der Waals surface area contributed by atoms with Gasteiger partial charge in [-0.1, -0.05) is 13.3 Å². The maximum atomic E-state index is 12.1.